The van der Waals surface area contributed by atoms with Gasteiger partial charge < -0.3 is 9.80 Å². The molecule has 0 unspecified atom stereocenters. The summed E-state index contributed by atoms with van der Waals surface area (Å²) in [6, 6.07) is 4.93. The summed E-state index contributed by atoms with van der Waals surface area (Å²) >= 11 is 1.94. The molecule has 0 radical (unpaired) electrons. The summed E-state index contributed by atoms with van der Waals surface area (Å²) in [5.41, 5.74) is 0.950. The highest BCUT2D eigenvalue weighted by atomic mass is 127. The Balaban J connectivity index is 2.22. The van der Waals surface area contributed by atoms with E-state index in [0.717, 1.165) is 12.2 Å². The van der Waals surface area contributed by atoms with E-state index in [1.165, 1.54) is 6.07 Å². The van der Waals surface area contributed by atoms with Gasteiger partial charge in [0.25, 0.3) is 5.69 Å². The van der Waals surface area contributed by atoms with Gasteiger partial charge in [-0.2, -0.15) is 0 Å². The summed E-state index contributed by atoms with van der Waals surface area (Å²) in [5.74, 6) is 0.0645. The van der Waals surface area contributed by atoms with Crippen molar-refractivity contribution in [1.82, 2.24) is 4.90 Å². The van der Waals surface area contributed by atoms with E-state index in [0.29, 0.717) is 16.7 Å². The number of anilines is 1. The monoisotopic (exact) mass is 361 g/mol. The van der Waals surface area contributed by atoms with Crippen LogP contribution in [0.1, 0.15) is 0 Å². The number of carbonyl (C=O) groups excluding carboxylic acids is 1. The van der Waals surface area contributed by atoms with E-state index in [2.05, 4.69) is 0 Å². The van der Waals surface area contributed by atoms with E-state index in [4.69, 9.17) is 0 Å². The molecular formula is C11H12IN3O3. The molecule has 0 aromatic heterocycles. The highest BCUT2D eigenvalue weighted by Crippen LogP contribution is 2.26. The van der Waals surface area contributed by atoms with Crippen LogP contribution in [0.5, 0.6) is 0 Å². The van der Waals surface area contributed by atoms with Crippen LogP contribution in [0.15, 0.2) is 18.2 Å². The molecule has 1 aliphatic rings. The van der Waals surface area contributed by atoms with Gasteiger partial charge in [-0.25, -0.2) is 0 Å². The molecule has 1 aromatic rings. The van der Waals surface area contributed by atoms with Crippen molar-refractivity contribution in [3.8, 4) is 0 Å². The fourth-order valence-electron chi connectivity index (χ4n) is 1.82. The minimum atomic E-state index is -0.402. The number of benzene rings is 1. The number of nitro groups is 1. The lowest BCUT2D eigenvalue weighted by Crippen LogP contribution is -2.48. The normalized spacial score (nSPS) is 16.0. The molecule has 1 fully saturated rings. The first-order valence-electron chi connectivity index (χ1n) is 5.42. The molecule has 7 heteroatoms. The van der Waals surface area contributed by atoms with Crippen LogP contribution in [0.4, 0.5) is 11.4 Å². The molecule has 0 N–H and O–H groups in total. The number of hydrogen-bond acceptors (Lipinski definition) is 4. The Morgan fingerprint density at radius 3 is 2.67 bits per heavy atom. The van der Waals surface area contributed by atoms with E-state index in [-0.39, 0.29) is 11.6 Å². The fourth-order valence-corrected chi connectivity index (χ4v) is 2.52. The van der Waals surface area contributed by atoms with Crippen molar-refractivity contribution >= 4 is 39.9 Å². The third-order valence-electron chi connectivity index (χ3n) is 2.95. The largest absolute Gasteiger partial charge is 0.360 e. The van der Waals surface area contributed by atoms with Gasteiger partial charge in [0, 0.05) is 31.9 Å². The number of nitrogens with zero attached hydrogens (tertiary/aromatic N) is 3. The Morgan fingerprint density at radius 1 is 1.39 bits per heavy atom. The Kier molecular flexibility index (Phi) is 3.69. The number of halogens is 1. The molecule has 1 heterocycles. The topological polar surface area (TPSA) is 66.7 Å². The van der Waals surface area contributed by atoms with Gasteiger partial charge in [-0.15, -0.1) is 0 Å². The van der Waals surface area contributed by atoms with E-state index < -0.39 is 4.92 Å². The highest BCUT2D eigenvalue weighted by Gasteiger charge is 2.22. The maximum absolute atomic E-state index is 11.6. The maximum Gasteiger partial charge on any atom is 0.282 e. The van der Waals surface area contributed by atoms with E-state index >= 15 is 0 Å². The summed E-state index contributed by atoms with van der Waals surface area (Å²) in [6.45, 7) is 1.74. The Bertz CT molecular complexity index is 506. The Labute approximate surface area is 118 Å². The SMILES string of the molecule is CN1CCN(c2ccc([N+](=O)[O-])c(I)c2)CC1=O. The van der Waals surface area contributed by atoms with Crippen LogP contribution < -0.4 is 4.90 Å². The molecule has 1 aromatic carbocycles. The van der Waals surface area contributed by atoms with E-state index in [1.807, 2.05) is 27.5 Å². The highest BCUT2D eigenvalue weighted by molar-refractivity contribution is 14.1. The van der Waals surface area contributed by atoms with Crippen LogP contribution in [0.2, 0.25) is 0 Å². The van der Waals surface area contributed by atoms with Crippen molar-refractivity contribution in [2.75, 3.05) is 31.6 Å². The maximum atomic E-state index is 11.6. The second-order valence-electron chi connectivity index (χ2n) is 4.13. The van der Waals surface area contributed by atoms with Crippen molar-refractivity contribution in [2.45, 2.75) is 0 Å². The molecule has 6 nitrogen and oxygen atoms in total. The van der Waals surface area contributed by atoms with Crippen LogP contribution in [0.3, 0.4) is 0 Å². The second kappa shape index (κ2) is 5.09. The summed E-state index contributed by atoms with van der Waals surface area (Å²) in [5, 5.41) is 10.7. The fraction of sp³-hybridized carbons (Fsp3) is 0.364. The third-order valence-corrected chi connectivity index (χ3v) is 3.81. The Morgan fingerprint density at radius 2 is 2.11 bits per heavy atom. The number of nitro benzene ring substituents is 1. The van der Waals surface area contributed by atoms with Crippen molar-refractivity contribution < 1.29 is 9.72 Å². The lowest BCUT2D eigenvalue weighted by atomic mass is 10.2. The Hall–Kier alpha value is -1.38. The molecule has 1 amide bonds. The van der Waals surface area contributed by atoms with Gasteiger partial charge in [0.05, 0.1) is 15.0 Å². The molecule has 0 spiro atoms. The number of hydrogen-bond donors (Lipinski definition) is 0. The van der Waals surface area contributed by atoms with Crippen LogP contribution in [0, 0.1) is 13.7 Å². The molecule has 96 valence electrons. The summed E-state index contributed by atoms with van der Waals surface area (Å²) in [6.07, 6.45) is 0. The summed E-state index contributed by atoms with van der Waals surface area (Å²) < 4.78 is 0.585. The van der Waals surface area contributed by atoms with Crippen molar-refractivity contribution in [2.24, 2.45) is 0 Å². The van der Waals surface area contributed by atoms with Crippen LogP contribution in [0.25, 0.3) is 0 Å². The van der Waals surface area contributed by atoms with E-state index in [9.17, 15) is 14.9 Å². The number of amides is 1. The zero-order valence-electron chi connectivity index (χ0n) is 9.80. The van der Waals surface area contributed by atoms with Gasteiger partial charge in [0.15, 0.2) is 0 Å². The van der Waals surface area contributed by atoms with Gasteiger partial charge in [0.1, 0.15) is 0 Å². The number of carbonyl (C=O) groups is 1. The predicted molar refractivity (Wildman–Crippen MR) is 75.7 cm³/mol. The number of piperazine rings is 1. The minimum absolute atomic E-state index is 0.0645. The molecule has 1 aliphatic heterocycles. The van der Waals surface area contributed by atoms with Gasteiger partial charge >= 0.3 is 0 Å². The van der Waals surface area contributed by atoms with E-state index in [1.54, 1.807) is 24.1 Å². The second-order valence-corrected chi connectivity index (χ2v) is 5.29. The molecular weight excluding hydrogens is 349 g/mol. The van der Waals surface area contributed by atoms with Gasteiger partial charge in [-0.3, -0.25) is 14.9 Å². The average Bonchev–Trinajstić information content (AvgIpc) is 2.32. The van der Waals surface area contributed by atoms with Crippen molar-refractivity contribution in [1.29, 1.82) is 0 Å². The molecule has 1 saturated heterocycles. The molecule has 0 atom stereocenters. The van der Waals surface area contributed by atoms with Crippen molar-refractivity contribution in [3.05, 3.63) is 31.9 Å². The smallest absolute Gasteiger partial charge is 0.282 e. The third kappa shape index (κ3) is 2.55. The quantitative estimate of drug-likeness (QED) is 0.455. The summed E-state index contributed by atoms with van der Waals surface area (Å²) in [4.78, 5) is 25.6. The van der Waals surface area contributed by atoms with Crippen LogP contribution >= 0.6 is 22.6 Å². The molecule has 0 bridgehead atoms. The lowest BCUT2D eigenvalue weighted by molar-refractivity contribution is -0.385. The lowest BCUT2D eigenvalue weighted by Gasteiger charge is -2.33. The number of likely N-dealkylation sites (N-methyl/N-ethyl adjacent to an activating group) is 1. The van der Waals surface area contributed by atoms with Gasteiger partial charge in [-0.1, -0.05) is 0 Å². The molecule has 18 heavy (non-hydrogen) atoms. The van der Waals surface area contributed by atoms with Crippen LogP contribution in [-0.4, -0.2) is 42.4 Å². The van der Waals surface area contributed by atoms with Crippen molar-refractivity contribution in [3.63, 3.8) is 0 Å². The predicted octanol–water partition coefficient (Wildman–Crippen LogP) is 1.48. The first-order chi connectivity index (χ1) is 8.49. The zero-order valence-corrected chi connectivity index (χ0v) is 12.0. The molecule has 0 aliphatic carbocycles. The zero-order chi connectivity index (χ0) is 13.3. The number of rotatable bonds is 2. The van der Waals surface area contributed by atoms with Gasteiger partial charge in [0.2, 0.25) is 5.91 Å². The standard InChI is InChI=1S/C11H12IN3O3/c1-13-4-5-14(7-11(13)16)8-2-3-10(15(17)18)9(12)6-8/h2-3,6H,4-5,7H2,1H3. The molecule has 0 saturated carbocycles. The van der Waals surface area contributed by atoms with Crippen LogP contribution in [-0.2, 0) is 4.79 Å². The van der Waals surface area contributed by atoms with Gasteiger partial charge in [-0.05, 0) is 34.7 Å². The summed E-state index contributed by atoms with van der Waals surface area (Å²) in [7, 11) is 1.78. The average molecular weight is 361 g/mol. The first kappa shape index (κ1) is 13.1. The minimum Gasteiger partial charge on any atom is -0.360 e. The first-order valence-corrected chi connectivity index (χ1v) is 6.50. The molecule has 2 rings (SSSR count).